The second-order valence-electron chi connectivity index (χ2n) is 3.05. The van der Waals surface area contributed by atoms with Crippen molar-refractivity contribution >= 4 is 0 Å². The smallest absolute Gasteiger partial charge is 0.130 e. The molecule has 0 fully saturated rings. The highest BCUT2D eigenvalue weighted by atomic mass is 19.1. The van der Waals surface area contributed by atoms with Crippen LogP contribution in [0.25, 0.3) is 0 Å². The van der Waals surface area contributed by atoms with Gasteiger partial charge >= 0.3 is 0 Å². The van der Waals surface area contributed by atoms with Crippen LogP contribution in [0.3, 0.4) is 0 Å². The van der Waals surface area contributed by atoms with Gasteiger partial charge in [0.25, 0.3) is 0 Å². The zero-order valence-corrected chi connectivity index (χ0v) is 8.34. The molecule has 0 amide bonds. The van der Waals surface area contributed by atoms with E-state index in [0.29, 0.717) is 17.7 Å². The Balaban J connectivity index is 2.99. The summed E-state index contributed by atoms with van der Waals surface area (Å²) in [5, 5.41) is 0. The van der Waals surface area contributed by atoms with Gasteiger partial charge in [0.15, 0.2) is 0 Å². The first-order valence-electron chi connectivity index (χ1n) is 4.33. The molecule has 0 saturated carbocycles. The van der Waals surface area contributed by atoms with Gasteiger partial charge in [0.05, 0.1) is 13.7 Å². The van der Waals surface area contributed by atoms with Gasteiger partial charge in [-0.25, -0.2) is 10.3 Å². The maximum Gasteiger partial charge on any atom is 0.130 e. The summed E-state index contributed by atoms with van der Waals surface area (Å²) in [4.78, 5) is 4.41. The monoisotopic (exact) mass is 199 g/mol. The van der Waals surface area contributed by atoms with Crippen LogP contribution in [0.15, 0.2) is 12.1 Å². The predicted molar refractivity (Wildman–Crippen MR) is 51.5 cm³/mol. The highest BCUT2D eigenvalue weighted by Crippen LogP contribution is 2.23. The van der Waals surface area contributed by atoms with Crippen molar-refractivity contribution < 1.29 is 14.0 Å². The van der Waals surface area contributed by atoms with Crippen molar-refractivity contribution in [1.82, 2.24) is 0 Å². The van der Waals surface area contributed by atoms with E-state index >= 15 is 0 Å². The van der Waals surface area contributed by atoms with Gasteiger partial charge in [0.1, 0.15) is 11.6 Å². The first-order chi connectivity index (χ1) is 6.69. The molecule has 1 aromatic rings. The van der Waals surface area contributed by atoms with E-state index in [2.05, 4.69) is 4.84 Å². The van der Waals surface area contributed by atoms with Crippen molar-refractivity contribution in [2.24, 2.45) is 5.90 Å². The standard InChI is InChI=1S/C10H14FNO2/c1-7-5-9(11)8(3-4-14-12)10(6-7)13-2/h5-6H,3-4,12H2,1-2H3. The van der Waals surface area contributed by atoms with E-state index in [1.807, 2.05) is 6.92 Å². The highest BCUT2D eigenvalue weighted by Gasteiger charge is 2.09. The second-order valence-corrected chi connectivity index (χ2v) is 3.05. The second kappa shape index (κ2) is 4.93. The Morgan fingerprint density at radius 3 is 2.71 bits per heavy atom. The average Bonchev–Trinajstić information content (AvgIpc) is 2.15. The highest BCUT2D eigenvalue weighted by molar-refractivity contribution is 5.38. The van der Waals surface area contributed by atoms with Crippen LogP contribution in [-0.4, -0.2) is 13.7 Å². The van der Waals surface area contributed by atoms with E-state index in [0.717, 1.165) is 5.56 Å². The number of benzene rings is 1. The largest absolute Gasteiger partial charge is 0.496 e. The predicted octanol–water partition coefficient (Wildman–Crippen LogP) is 1.58. The molecule has 0 aliphatic heterocycles. The number of hydrogen-bond donors (Lipinski definition) is 1. The summed E-state index contributed by atoms with van der Waals surface area (Å²) in [5.41, 5.74) is 1.33. The number of methoxy groups -OCH3 is 1. The molecule has 0 aliphatic rings. The Hall–Kier alpha value is -1.13. The van der Waals surface area contributed by atoms with Crippen molar-refractivity contribution in [3.05, 3.63) is 29.1 Å². The Morgan fingerprint density at radius 2 is 2.14 bits per heavy atom. The topological polar surface area (TPSA) is 44.5 Å². The van der Waals surface area contributed by atoms with E-state index in [9.17, 15) is 4.39 Å². The zero-order chi connectivity index (χ0) is 10.6. The van der Waals surface area contributed by atoms with Gasteiger partial charge in [-0.3, -0.25) is 0 Å². The van der Waals surface area contributed by atoms with Crippen molar-refractivity contribution in [3.63, 3.8) is 0 Å². The van der Waals surface area contributed by atoms with Crippen LogP contribution >= 0.6 is 0 Å². The fraction of sp³-hybridized carbons (Fsp3) is 0.400. The van der Waals surface area contributed by atoms with Crippen LogP contribution in [-0.2, 0) is 11.3 Å². The van der Waals surface area contributed by atoms with Crippen LogP contribution in [0, 0.1) is 12.7 Å². The zero-order valence-electron chi connectivity index (χ0n) is 8.34. The molecule has 0 atom stereocenters. The van der Waals surface area contributed by atoms with E-state index in [1.54, 1.807) is 6.07 Å². The van der Waals surface area contributed by atoms with Crippen LogP contribution < -0.4 is 10.6 Å². The lowest BCUT2D eigenvalue weighted by molar-refractivity contribution is 0.140. The quantitative estimate of drug-likeness (QED) is 0.749. The van der Waals surface area contributed by atoms with Gasteiger partial charge in [-0.05, 0) is 24.6 Å². The first kappa shape index (κ1) is 10.9. The molecule has 0 saturated heterocycles. The molecule has 1 aromatic carbocycles. The fourth-order valence-corrected chi connectivity index (χ4v) is 1.33. The summed E-state index contributed by atoms with van der Waals surface area (Å²) >= 11 is 0. The van der Waals surface area contributed by atoms with Crippen LogP contribution in [0.1, 0.15) is 11.1 Å². The molecule has 78 valence electrons. The molecule has 3 nitrogen and oxygen atoms in total. The molecule has 0 aromatic heterocycles. The minimum Gasteiger partial charge on any atom is -0.496 e. The SMILES string of the molecule is COc1cc(C)cc(F)c1CCON. The molecule has 14 heavy (non-hydrogen) atoms. The molecule has 0 bridgehead atoms. The molecule has 0 spiro atoms. The van der Waals surface area contributed by atoms with Crippen LogP contribution in [0.2, 0.25) is 0 Å². The third-order valence-corrected chi connectivity index (χ3v) is 1.99. The lowest BCUT2D eigenvalue weighted by Gasteiger charge is -2.10. The summed E-state index contributed by atoms with van der Waals surface area (Å²) in [5.74, 6) is 5.15. The normalized spacial score (nSPS) is 10.3. The molecular formula is C10H14FNO2. The Morgan fingerprint density at radius 1 is 1.43 bits per heavy atom. The van der Waals surface area contributed by atoms with Gasteiger partial charge in [-0.15, -0.1) is 0 Å². The van der Waals surface area contributed by atoms with E-state index in [-0.39, 0.29) is 12.4 Å². The summed E-state index contributed by atoms with van der Waals surface area (Å²) in [6.07, 6.45) is 0.409. The lowest BCUT2D eigenvalue weighted by atomic mass is 10.1. The van der Waals surface area contributed by atoms with Gasteiger partial charge < -0.3 is 9.57 Å². The third-order valence-electron chi connectivity index (χ3n) is 1.99. The van der Waals surface area contributed by atoms with Gasteiger partial charge in [-0.1, -0.05) is 0 Å². The maximum absolute atomic E-state index is 13.4. The molecule has 4 heteroatoms. The molecule has 0 unspecified atom stereocenters. The van der Waals surface area contributed by atoms with E-state index < -0.39 is 0 Å². The van der Waals surface area contributed by atoms with Crippen LogP contribution in [0.4, 0.5) is 4.39 Å². The molecule has 0 radical (unpaired) electrons. The van der Waals surface area contributed by atoms with E-state index in [1.165, 1.54) is 13.2 Å². The van der Waals surface area contributed by atoms with Crippen molar-refractivity contribution in [2.45, 2.75) is 13.3 Å². The molecule has 2 N–H and O–H groups in total. The molecule has 0 heterocycles. The van der Waals surface area contributed by atoms with Crippen molar-refractivity contribution in [3.8, 4) is 5.75 Å². The minimum absolute atomic E-state index is 0.274. The number of aryl methyl sites for hydroxylation is 1. The summed E-state index contributed by atoms with van der Waals surface area (Å²) in [6.45, 7) is 2.09. The molecular weight excluding hydrogens is 185 g/mol. The number of halogens is 1. The minimum atomic E-state index is -0.279. The molecule has 1 rings (SSSR count). The Labute approximate surface area is 82.6 Å². The summed E-state index contributed by atoms with van der Waals surface area (Å²) < 4.78 is 18.5. The number of hydrogen-bond acceptors (Lipinski definition) is 3. The van der Waals surface area contributed by atoms with Gasteiger partial charge in [0, 0.05) is 12.0 Å². The van der Waals surface area contributed by atoms with Gasteiger partial charge in [-0.2, -0.15) is 0 Å². The van der Waals surface area contributed by atoms with Crippen molar-refractivity contribution in [2.75, 3.05) is 13.7 Å². The lowest BCUT2D eigenvalue weighted by Crippen LogP contribution is -2.06. The Bertz CT molecular complexity index is 315. The third kappa shape index (κ3) is 2.43. The Kier molecular flexibility index (Phi) is 3.85. The summed E-state index contributed by atoms with van der Waals surface area (Å²) in [6, 6.07) is 3.25. The average molecular weight is 199 g/mol. The first-order valence-corrected chi connectivity index (χ1v) is 4.33. The fourth-order valence-electron chi connectivity index (χ4n) is 1.33. The number of nitrogens with two attached hydrogens (primary N) is 1. The number of rotatable bonds is 4. The van der Waals surface area contributed by atoms with E-state index in [4.69, 9.17) is 10.6 Å². The number of ether oxygens (including phenoxy) is 1. The van der Waals surface area contributed by atoms with Gasteiger partial charge in [0.2, 0.25) is 0 Å². The summed E-state index contributed by atoms with van der Waals surface area (Å²) in [7, 11) is 1.51. The van der Waals surface area contributed by atoms with Crippen LogP contribution in [0.5, 0.6) is 5.75 Å². The van der Waals surface area contributed by atoms with Crippen molar-refractivity contribution in [1.29, 1.82) is 0 Å². The molecule has 0 aliphatic carbocycles. The maximum atomic E-state index is 13.4.